The molecule has 1 saturated carbocycles. The molecule has 0 spiro atoms. The minimum absolute atomic E-state index is 0. The van der Waals surface area contributed by atoms with Gasteiger partial charge in [-0.05, 0) is 55.3 Å². The second kappa shape index (κ2) is 6.96. The van der Waals surface area contributed by atoms with Crippen LogP contribution < -0.4 is 15.8 Å². The average molecular weight is 308 g/mol. The van der Waals surface area contributed by atoms with Crippen molar-refractivity contribution in [3.05, 3.63) is 30.5 Å². The molecule has 2 aromatic rings. The summed E-state index contributed by atoms with van der Waals surface area (Å²) < 4.78 is 5.27. The van der Waals surface area contributed by atoms with E-state index in [0.29, 0.717) is 12.1 Å². The Morgan fingerprint density at radius 3 is 2.67 bits per heavy atom. The maximum Gasteiger partial charge on any atom is 0.134 e. The van der Waals surface area contributed by atoms with Crippen LogP contribution in [-0.2, 0) is 0 Å². The Labute approximate surface area is 131 Å². The summed E-state index contributed by atoms with van der Waals surface area (Å²) in [6, 6.07) is 8.95. The molecule has 0 amide bonds. The van der Waals surface area contributed by atoms with E-state index in [2.05, 4.69) is 16.4 Å². The standard InChI is InChI=1S/C16H21N3O.ClH/c1-20-14-6-7-15-11(10-14)8-9-18-16(15)19-13-4-2-12(17)3-5-13;/h6-10,12-13H,2-5,17H2,1H3,(H,18,19);1H. The van der Waals surface area contributed by atoms with Crippen LogP contribution in [0.2, 0.25) is 0 Å². The van der Waals surface area contributed by atoms with Crippen molar-refractivity contribution in [1.82, 2.24) is 4.98 Å². The summed E-state index contributed by atoms with van der Waals surface area (Å²) in [5, 5.41) is 5.86. The van der Waals surface area contributed by atoms with Crippen LogP contribution in [0.4, 0.5) is 5.82 Å². The zero-order chi connectivity index (χ0) is 13.9. The van der Waals surface area contributed by atoms with Crippen LogP contribution in [0.25, 0.3) is 10.8 Å². The molecule has 4 nitrogen and oxygen atoms in total. The van der Waals surface area contributed by atoms with Gasteiger partial charge in [0.15, 0.2) is 0 Å². The zero-order valence-electron chi connectivity index (χ0n) is 12.2. The molecule has 3 rings (SSSR count). The molecule has 0 saturated heterocycles. The number of ether oxygens (including phenoxy) is 1. The minimum atomic E-state index is 0. The fraction of sp³-hybridized carbons (Fsp3) is 0.438. The molecule has 1 aromatic carbocycles. The molecular weight excluding hydrogens is 286 g/mol. The summed E-state index contributed by atoms with van der Waals surface area (Å²) in [6.07, 6.45) is 6.27. The number of rotatable bonds is 3. The first kappa shape index (κ1) is 15.9. The third kappa shape index (κ3) is 3.57. The number of hydrogen-bond acceptors (Lipinski definition) is 4. The van der Waals surface area contributed by atoms with Crippen molar-refractivity contribution in [3.63, 3.8) is 0 Å². The Balaban J connectivity index is 0.00000161. The SMILES string of the molecule is COc1ccc2c(NC3CCC(N)CC3)nccc2c1.Cl. The molecule has 1 aliphatic rings. The van der Waals surface area contributed by atoms with Crippen LogP contribution >= 0.6 is 12.4 Å². The highest BCUT2D eigenvalue weighted by Crippen LogP contribution is 2.27. The molecule has 0 unspecified atom stereocenters. The summed E-state index contributed by atoms with van der Waals surface area (Å²) in [6.45, 7) is 0. The van der Waals surface area contributed by atoms with Gasteiger partial charge in [0, 0.05) is 23.7 Å². The monoisotopic (exact) mass is 307 g/mol. The number of nitrogens with two attached hydrogens (primary N) is 1. The van der Waals surface area contributed by atoms with E-state index in [9.17, 15) is 0 Å². The number of fused-ring (bicyclic) bond motifs is 1. The largest absolute Gasteiger partial charge is 0.497 e. The van der Waals surface area contributed by atoms with Gasteiger partial charge >= 0.3 is 0 Å². The molecule has 114 valence electrons. The number of nitrogens with zero attached hydrogens (tertiary/aromatic N) is 1. The van der Waals surface area contributed by atoms with Crippen LogP contribution in [0.5, 0.6) is 5.75 Å². The van der Waals surface area contributed by atoms with Gasteiger partial charge in [-0.15, -0.1) is 12.4 Å². The molecule has 1 aromatic heterocycles. The van der Waals surface area contributed by atoms with Crippen molar-refractivity contribution in [2.24, 2.45) is 5.73 Å². The van der Waals surface area contributed by atoms with E-state index in [1.54, 1.807) is 7.11 Å². The fourth-order valence-corrected chi connectivity index (χ4v) is 2.85. The number of methoxy groups -OCH3 is 1. The Hall–Kier alpha value is -1.52. The first-order valence-electron chi connectivity index (χ1n) is 7.21. The number of nitrogens with one attached hydrogen (secondary N) is 1. The van der Waals surface area contributed by atoms with Gasteiger partial charge in [0.05, 0.1) is 7.11 Å². The van der Waals surface area contributed by atoms with Crippen LogP contribution in [0.3, 0.4) is 0 Å². The Morgan fingerprint density at radius 1 is 1.19 bits per heavy atom. The van der Waals surface area contributed by atoms with E-state index in [0.717, 1.165) is 48.0 Å². The van der Waals surface area contributed by atoms with Crippen LogP contribution in [0, 0.1) is 0 Å². The molecule has 5 heteroatoms. The van der Waals surface area contributed by atoms with Gasteiger partial charge in [-0.25, -0.2) is 4.98 Å². The topological polar surface area (TPSA) is 60.2 Å². The summed E-state index contributed by atoms with van der Waals surface area (Å²) in [5.41, 5.74) is 5.96. The summed E-state index contributed by atoms with van der Waals surface area (Å²) in [4.78, 5) is 4.49. The van der Waals surface area contributed by atoms with Crippen LogP contribution in [-0.4, -0.2) is 24.2 Å². The third-order valence-corrected chi connectivity index (χ3v) is 4.08. The van der Waals surface area contributed by atoms with Crippen molar-refractivity contribution in [3.8, 4) is 5.75 Å². The number of anilines is 1. The lowest BCUT2D eigenvalue weighted by atomic mass is 9.92. The molecule has 1 aliphatic carbocycles. The smallest absolute Gasteiger partial charge is 0.134 e. The van der Waals surface area contributed by atoms with Gasteiger partial charge in [0.2, 0.25) is 0 Å². The van der Waals surface area contributed by atoms with Crippen molar-refractivity contribution < 1.29 is 4.74 Å². The van der Waals surface area contributed by atoms with Gasteiger partial charge in [0.25, 0.3) is 0 Å². The van der Waals surface area contributed by atoms with Gasteiger partial charge in [-0.3, -0.25) is 0 Å². The molecule has 0 bridgehead atoms. The molecule has 21 heavy (non-hydrogen) atoms. The Morgan fingerprint density at radius 2 is 1.95 bits per heavy atom. The van der Waals surface area contributed by atoms with Crippen molar-refractivity contribution in [1.29, 1.82) is 0 Å². The first-order valence-corrected chi connectivity index (χ1v) is 7.21. The third-order valence-electron chi connectivity index (χ3n) is 4.08. The van der Waals surface area contributed by atoms with E-state index >= 15 is 0 Å². The molecule has 1 heterocycles. The maximum absolute atomic E-state index is 5.96. The highest BCUT2D eigenvalue weighted by molar-refractivity contribution is 5.92. The summed E-state index contributed by atoms with van der Waals surface area (Å²) in [7, 11) is 1.69. The number of aromatic nitrogens is 1. The molecular formula is C16H22ClN3O. The number of pyridine rings is 1. The quantitative estimate of drug-likeness (QED) is 0.913. The summed E-state index contributed by atoms with van der Waals surface area (Å²) >= 11 is 0. The maximum atomic E-state index is 5.96. The summed E-state index contributed by atoms with van der Waals surface area (Å²) in [5.74, 6) is 1.84. The van der Waals surface area contributed by atoms with Crippen molar-refractivity contribution in [2.75, 3.05) is 12.4 Å². The second-order valence-corrected chi connectivity index (χ2v) is 5.50. The van der Waals surface area contributed by atoms with Crippen LogP contribution in [0.15, 0.2) is 30.5 Å². The molecule has 0 aliphatic heterocycles. The lowest BCUT2D eigenvalue weighted by molar-refractivity contribution is 0.410. The predicted molar refractivity (Wildman–Crippen MR) is 89.4 cm³/mol. The molecule has 1 fully saturated rings. The van der Waals surface area contributed by atoms with Crippen molar-refractivity contribution in [2.45, 2.75) is 37.8 Å². The number of hydrogen-bond donors (Lipinski definition) is 2. The molecule has 0 atom stereocenters. The number of halogens is 1. The predicted octanol–water partition coefficient (Wildman–Crippen LogP) is 3.35. The van der Waals surface area contributed by atoms with Gasteiger partial charge < -0.3 is 15.8 Å². The highest BCUT2D eigenvalue weighted by Gasteiger charge is 2.19. The van der Waals surface area contributed by atoms with Gasteiger partial charge in [-0.2, -0.15) is 0 Å². The van der Waals surface area contributed by atoms with Gasteiger partial charge in [-0.1, -0.05) is 0 Å². The average Bonchev–Trinajstić information content (AvgIpc) is 2.49. The zero-order valence-corrected chi connectivity index (χ0v) is 13.0. The van der Waals surface area contributed by atoms with Crippen LogP contribution in [0.1, 0.15) is 25.7 Å². The lowest BCUT2D eigenvalue weighted by Gasteiger charge is -2.27. The lowest BCUT2D eigenvalue weighted by Crippen LogP contribution is -2.33. The highest BCUT2D eigenvalue weighted by atomic mass is 35.5. The molecule has 0 radical (unpaired) electrons. The van der Waals surface area contributed by atoms with E-state index in [-0.39, 0.29) is 12.4 Å². The van der Waals surface area contributed by atoms with E-state index in [1.165, 1.54) is 0 Å². The fourth-order valence-electron chi connectivity index (χ4n) is 2.85. The minimum Gasteiger partial charge on any atom is -0.497 e. The van der Waals surface area contributed by atoms with E-state index in [1.807, 2.05) is 24.4 Å². The van der Waals surface area contributed by atoms with Gasteiger partial charge in [0.1, 0.15) is 11.6 Å². The Kier molecular flexibility index (Phi) is 5.26. The second-order valence-electron chi connectivity index (χ2n) is 5.50. The molecule has 3 N–H and O–H groups in total. The Bertz CT molecular complexity index is 597. The number of benzene rings is 1. The van der Waals surface area contributed by atoms with E-state index < -0.39 is 0 Å². The van der Waals surface area contributed by atoms with E-state index in [4.69, 9.17) is 10.5 Å². The normalized spacial score (nSPS) is 21.6. The van der Waals surface area contributed by atoms with Crippen molar-refractivity contribution >= 4 is 29.0 Å². The first-order chi connectivity index (χ1) is 9.76.